The second kappa shape index (κ2) is 8.73. The van der Waals surface area contributed by atoms with Crippen LogP contribution in [0.5, 0.6) is 0 Å². The molecule has 0 atom stereocenters. The number of nitrogens with zero attached hydrogens (tertiary/aromatic N) is 2. The van der Waals surface area contributed by atoms with Gasteiger partial charge in [-0.2, -0.15) is 0 Å². The number of aromatic nitrogens is 2. The first kappa shape index (κ1) is 19.7. The van der Waals surface area contributed by atoms with Gasteiger partial charge in [0.2, 0.25) is 10.0 Å². The van der Waals surface area contributed by atoms with Gasteiger partial charge in [0.15, 0.2) is 5.16 Å². The number of aryl methyl sites for hydroxylation is 1. The third kappa shape index (κ3) is 5.00. The van der Waals surface area contributed by atoms with E-state index in [1.165, 1.54) is 0 Å². The molecule has 142 valence electrons. The average Bonchev–Trinajstić information content (AvgIpc) is 3.00. The Kier molecular flexibility index (Phi) is 6.36. The first-order valence-corrected chi connectivity index (χ1v) is 11.4. The van der Waals surface area contributed by atoms with E-state index in [4.69, 9.17) is 5.14 Å². The lowest BCUT2D eigenvalue weighted by molar-refractivity contribution is 0.598. The Labute approximate surface area is 164 Å². The Bertz CT molecular complexity index is 1040. The minimum absolute atomic E-state index is 0.0932. The molecule has 0 radical (unpaired) electrons. The summed E-state index contributed by atoms with van der Waals surface area (Å²) in [6, 6.07) is 15.0. The van der Waals surface area contributed by atoms with Crippen molar-refractivity contribution in [3.8, 4) is 0 Å². The van der Waals surface area contributed by atoms with Crippen LogP contribution in [0.15, 0.2) is 64.7 Å². The van der Waals surface area contributed by atoms with Crippen molar-refractivity contribution in [1.82, 2.24) is 9.55 Å². The number of unbranched alkanes of at least 4 members (excludes halogenated alkanes) is 1. The number of hydrogen-bond donors (Lipinski definition) is 1. The molecule has 0 saturated heterocycles. The first-order valence-electron chi connectivity index (χ1n) is 8.86. The molecule has 3 rings (SSSR count). The van der Waals surface area contributed by atoms with Crippen LogP contribution in [0.2, 0.25) is 0 Å². The molecule has 1 heterocycles. The van der Waals surface area contributed by atoms with Crippen molar-refractivity contribution >= 4 is 38.9 Å². The number of primary sulfonamides is 1. The van der Waals surface area contributed by atoms with Gasteiger partial charge in [-0.1, -0.05) is 67.6 Å². The molecule has 0 unspecified atom stereocenters. The maximum Gasteiger partial charge on any atom is 0.238 e. The summed E-state index contributed by atoms with van der Waals surface area (Å²) in [6.07, 6.45) is 6.31. The van der Waals surface area contributed by atoms with Gasteiger partial charge in [0.05, 0.1) is 15.9 Å². The largest absolute Gasteiger partial charge is 0.319 e. The van der Waals surface area contributed by atoms with Crippen LogP contribution >= 0.6 is 11.8 Å². The monoisotopic (exact) mass is 401 g/mol. The third-order valence-electron chi connectivity index (χ3n) is 4.17. The van der Waals surface area contributed by atoms with E-state index < -0.39 is 10.0 Å². The van der Waals surface area contributed by atoms with Crippen molar-refractivity contribution in [2.24, 2.45) is 5.14 Å². The van der Waals surface area contributed by atoms with Gasteiger partial charge in [-0.05, 0) is 30.2 Å². The lowest BCUT2D eigenvalue weighted by Crippen LogP contribution is -2.11. The molecule has 27 heavy (non-hydrogen) atoms. The number of thioether (sulfide) groups is 1. The Morgan fingerprint density at radius 3 is 2.67 bits per heavy atom. The van der Waals surface area contributed by atoms with Gasteiger partial charge in [0, 0.05) is 12.3 Å². The zero-order chi connectivity index (χ0) is 19.3. The smallest absolute Gasteiger partial charge is 0.238 e. The number of sulfonamides is 1. The van der Waals surface area contributed by atoms with Crippen molar-refractivity contribution in [2.75, 3.05) is 5.75 Å². The molecule has 1 aromatic heterocycles. The van der Waals surface area contributed by atoms with Gasteiger partial charge < -0.3 is 4.57 Å². The summed E-state index contributed by atoms with van der Waals surface area (Å²) in [7, 11) is -3.73. The molecule has 0 saturated carbocycles. The minimum Gasteiger partial charge on any atom is -0.319 e. The number of hydrogen-bond acceptors (Lipinski definition) is 4. The van der Waals surface area contributed by atoms with Crippen molar-refractivity contribution in [1.29, 1.82) is 0 Å². The zero-order valence-corrected chi connectivity index (χ0v) is 16.8. The predicted octanol–water partition coefficient (Wildman–Crippen LogP) is 4.29. The average molecular weight is 402 g/mol. The molecule has 0 aliphatic rings. The van der Waals surface area contributed by atoms with Crippen LogP contribution in [0.1, 0.15) is 25.3 Å². The number of benzene rings is 2. The van der Waals surface area contributed by atoms with Crippen molar-refractivity contribution in [3.05, 3.63) is 60.2 Å². The zero-order valence-electron chi connectivity index (χ0n) is 15.2. The molecule has 0 spiro atoms. The quantitative estimate of drug-likeness (QED) is 0.571. The number of imidazole rings is 1. The Hall–Kier alpha value is -2.09. The maximum absolute atomic E-state index is 11.6. The summed E-state index contributed by atoms with van der Waals surface area (Å²) in [5.41, 5.74) is 2.76. The minimum atomic E-state index is -3.73. The van der Waals surface area contributed by atoms with E-state index >= 15 is 0 Å². The summed E-state index contributed by atoms with van der Waals surface area (Å²) >= 11 is 1.64. The topological polar surface area (TPSA) is 78.0 Å². The fourth-order valence-corrected chi connectivity index (χ4v) is 4.16. The molecule has 3 aromatic rings. The molecular weight excluding hydrogens is 378 g/mol. The molecule has 0 amide bonds. The van der Waals surface area contributed by atoms with E-state index in [0.717, 1.165) is 41.4 Å². The normalized spacial score (nSPS) is 12.2. The highest BCUT2D eigenvalue weighted by molar-refractivity contribution is 7.99. The highest BCUT2D eigenvalue weighted by Gasteiger charge is 2.14. The highest BCUT2D eigenvalue weighted by atomic mass is 32.2. The number of fused-ring (bicyclic) bond motifs is 1. The summed E-state index contributed by atoms with van der Waals surface area (Å²) in [5, 5.41) is 6.14. The lowest BCUT2D eigenvalue weighted by Gasteiger charge is -2.07. The van der Waals surface area contributed by atoms with Gasteiger partial charge in [0.25, 0.3) is 0 Å². The fourth-order valence-electron chi connectivity index (χ4n) is 2.78. The molecule has 5 nitrogen and oxygen atoms in total. The summed E-state index contributed by atoms with van der Waals surface area (Å²) < 4.78 is 25.4. The van der Waals surface area contributed by atoms with E-state index in [2.05, 4.69) is 40.8 Å². The van der Waals surface area contributed by atoms with Crippen molar-refractivity contribution < 1.29 is 8.42 Å². The van der Waals surface area contributed by atoms with E-state index in [0.29, 0.717) is 5.52 Å². The second-order valence-electron chi connectivity index (χ2n) is 6.22. The standard InChI is InChI=1S/C20H23N3O2S2/c1-2-3-13-23-19-12-11-17(27(21,24)25)15-18(19)22-20(23)26-14-7-10-16-8-5-4-6-9-16/h4-12,15H,2-3,13-14H2,1H3,(H2,21,24,25)/b10-7+. The summed E-state index contributed by atoms with van der Waals surface area (Å²) in [5.74, 6) is 0.784. The molecule has 2 N–H and O–H groups in total. The van der Waals surface area contributed by atoms with Crippen LogP contribution in [-0.4, -0.2) is 23.7 Å². The third-order valence-corrected chi connectivity index (χ3v) is 6.01. The van der Waals surface area contributed by atoms with Gasteiger partial charge in [-0.15, -0.1) is 0 Å². The summed E-state index contributed by atoms with van der Waals surface area (Å²) in [4.78, 5) is 4.75. The molecule has 7 heteroatoms. The number of nitrogens with two attached hydrogens (primary N) is 1. The van der Waals surface area contributed by atoms with Gasteiger partial charge in [-0.3, -0.25) is 0 Å². The van der Waals surface area contributed by atoms with Crippen LogP contribution < -0.4 is 5.14 Å². The van der Waals surface area contributed by atoms with Gasteiger partial charge in [-0.25, -0.2) is 18.5 Å². The Morgan fingerprint density at radius 1 is 1.19 bits per heavy atom. The van der Waals surface area contributed by atoms with Crippen LogP contribution in [0.4, 0.5) is 0 Å². The van der Waals surface area contributed by atoms with E-state index in [-0.39, 0.29) is 4.90 Å². The van der Waals surface area contributed by atoms with E-state index in [9.17, 15) is 8.42 Å². The second-order valence-corrected chi connectivity index (χ2v) is 8.77. The molecule has 0 bridgehead atoms. The van der Waals surface area contributed by atoms with Crippen molar-refractivity contribution in [2.45, 2.75) is 36.4 Å². The lowest BCUT2D eigenvalue weighted by atomic mass is 10.2. The molecule has 2 aromatic carbocycles. The van der Waals surface area contributed by atoms with Crippen LogP contribution in [-0.2, 0) is 16.6 Å². The van der Waals surface area contributed by atoms with E-state index in [1.54, 1.807) is 30.0 Å². The Morgan fingerprint density at radius 2 is 1.96 bits per heavy atom. The maximum atomic E-state index is 11.6. The number of rotatable bonds is 8. The van der Waals surface area contributed by atoms with Crippen LogP contribution in [0, 0.1) is 0 Å². The molecule has 0 fully saturated rings. The first-order chi connectivity index (χ1) is 13.0. The van der Waals surface area contributed by atoms with Gasteiger partial charge in [0.1, 0.15) is 0 Å². The highest BCUT2D eigenvalue weighted by Crippen LogP contribution is 2.26. The molecule has 0 aliphatic carbocycles. The SMILES string of the molecule is CCCCn1c(SC/C=C/c2ccccc2)nc2cc(S(N)(=O)=O)ccc21. The van der Waals surface area contributed by atoms with Crippen molar-refractivity contribution in [3.63, 3.8) is 0 Å². The molecule has 0 aliphatic heterocycles. The Balaban J connectivity index is 1.84. The van der Waals surface area contributed by atoms with Crippen LogP contribution in [0.25, 0.3) is 17.1 Å². The van der Waals surface area contributed by atoms with E-state index in [1.807, 2.05) is 18.2 Å². The summed E-state index contributed by atoms with van der Waals surface area (Å²) in [6.45, 7) is 3.00. The predicted molar refractivity (Wildman–Crippen MR) is 112 cm³/mol. The van der Waals surface area contributed by atoms with Gasteiger partial charge >= 0.3 is 0 Å². The fraction of sp³-hybridized carbons (Fsp3) is 0.250. The van der Waals surface area contributed by atoms with Crippen LogP contribution in [0.3, 0.4) is 0 Å². The molecular formula is C20H23N3O2S2.